The van der Waals surface area contributed by atoms with Crippen LogP contribution in [0.1, 0.15) is 34.1 Å². The van der Waals surface area contributed by atoms with E-state index >= 15 is 0 Å². The lowest BCUT2D eigenvalue weighted by Gasteiger charge is -2.43. The molecule has 0 amide bonds. The van der Waals surface area contributed by atoms with Crippen molar-refractivity contribution in [2.45, 2.75) is 46.2 Å². The van der Waals surface area contributed by atoms with Crippen molar-refractivity contribution in [3.8, 4) is 0 Å². The zero-order valence-corrected chi connectivity index (χ0v) is 11.2. The van der Waals surface area contributed by atoms with Crippen molar-refractivity contribution >= 4 is 5.78 Å². The first-order valence-corrected chi connectivity index (χ1v) is 6.26. The SMILES string of the molecule is COCC(C(C)C)N1CCC(=O)C(C)C1C. The minimum atomic E-state index is 0.159. The van der Waals surface area contributed by atoms with Gasteiger partial charge >= 0.3 is 0 Å². The lowest BCUT2D eigenvalue weighted by Crippen LogP contribution is -2.54. The van der Waals surface area contributed by atoms with Crippen LogP contribution in [0, 0.1) is 11.8 Å². The third kappa shape index (κ3) is 2.83. The summed E-state index contributed by atoms with van der Waals surface area (Å²) >= 11 is 0. The van der Waals surface area contributed by atoms with Gasteiger partial charge in [0.25, 0.3) is 0 Å². The van der Waals surface area contributed by atoms with Crippen LogP contribution >= 0.6 is 0 Å². The van der Waals surface area contributed by atoms with E-state index in [0.717, 1.165) is 13.2 Å². The maximum atomic E-state index is 11.6. The largest absolute Gasteiger partial charge is 0.383 e. The Morgan fingerprint density at radius 3 is 2.56 bits per heavy atom. The van der Waals surface area contributed by atoms with Crippen molar-refractivity contribution in [3.63, 3.8) is 0 Å². The Bertz CT molecular complexity index is 240. The molecule has 94 valence electrons. The molecule has 16 heavy (non-hydrogen) atoms. The van der Waals surface area contributed by atoms with Gasteiger partial charge < -0.3 is 4.74 Å². The summed E-state index contributed by atoms with van der Waals surface area (Å²) in [6.07, 6.45) is 0.693. The molecule has 0 aromatic heterocycles. The zero-order valence-electron chi connectivity index (χ0n) is 11.2. The van der Waals surface area contributed by atoms with Crippen molar-refractivity contribution in [2.24, 2.45) is 11.8 Å². The lowest BCUT2D eigenvalue weighted by molar-refractivity contribution is -0.130. The van der Waals surface area contributed by atoms with Crippen molar-refractivity contribution in [2.75, 3.05) is 20.3 Å². The second-order valence-electron chi connectivity index (χ2n) is 5.25. The molecule has 1 fully saturated rings. The number of hydrogen-bond donors (Lipinski definition) is 0. The second-order valence-corrected chi connectivity index (χ2v) is 5.25. The smallest absolute Gasteiger partial charge is 0.138 e. The Labute approximate surface area is 99.1 Å². The third-order valence-corrected chi connectivity index (χ3v) is 3.90. The standard InChI is InChI=1S/C13H25NO2/c1-9(2)12(8-16-5)14-7-6-13(15)10(3)11(14)4/h9-12H,6-8H2,1-5H3. The number of rotatable bonds is 4. The molecule has 0 bridgehead atoms. The highest BCUT2D eigenvalue weighted by molar-refractivity contribution is 5.82. The van der Waals surface area contributed by atoms with Crippen LogP contribution < -0.4 is 0 Å². The number of ether oxygens (including phenoxy) is 1. The second kappa shape index (κ2) is 5.78. The van der Waals surface area contributed by atoms with Gasteiger partial charge in [-0.05, 0) is 12.8 Å². The van der Waals surface area contributed by atoms with Crippen molar-refractivity contribution in [1.82, 2.24) is 4.90 Å². The highest BCUT2D eigenvalue weighted by Gasteiger charge is 2.35. The average molecular weight is 227 g/mol. The molecule has 1 aliphatic rings. The Morgan fingerprint density at radius 2 is 2.06 bits per heavy atom. The van der Waals surface area contributed by atoms with Crippen LogP contribution in [0.5, 0.6) is 0 Å². The van der Waals surface area contributed by atoms with Crippen LogP contribution in [0.2, 0.25) is 0 Å². The first-order valence-electron chi connectivity index (χ1n) is 6.26. The molecule has 3 unspecified atom stereocenters. The number of methoxy groups -OCH3 is 1. The molecule has 0 N–H and O–H groups in total. The molecular formula is C13H25NO2. The zero-order chi connectivity index (χ0) is 12.3. The number of Topliss-reactive ketones (excluding diaryl/α,β-unsaturated/α-hetero) is 1. The topological polar surface area (TPSA) is 29.5 Å². The average Bonchev–Trinajstić information content (AvgIpc) is 2.24. The first-order chi connectivity index (χ1) is 7.49. The van der Waals surface area contributed by atoms with Crippen molar-refractivity contribution in [3.05, 3.63) is 0 Å². The van der Waals surface area contributed by atoms with Gasteiger partial charge in [0.1, 0.15) is 5.78 Å². The molecule has 3 atom stereocenters. The fraction of sp³-hybridized carbons (Fsp3) is 0.923. The summed E-state index contributed by atoms with van der Waals surface area (Å²) in [5, 5.41) is 0. The molecule has 3 nitrogen and oxygen atoms in total. The molecule has 3 heteroatoms. The summed E-state index contributed by atoms with van der Waals surface area (Å²) in [5.41, 5.74) is 0. The minimum absolute atomic E-state index is 0.159. The van der Waals surface area contributed by atoms with Crippen LogP contribution in [-0.2, 0) is 9.53 Å². The summed E-state index contributed by atoms with van der Waals surface area (Å²) < 4.78 is 5.30. The number of piperidine rings is 1. The van der Waals surface area contributed by atoms with E-state index < -0.39 is 0 Å². The van der Waals surface area contributed by atoms with E-state index in [2.05, 4.69) is 25.7 Å². The molecule has 1 saturated heterocycles. The first kappa shape index (κ1) is 13.7. The van der Waals surface area contributed by atoms with Gasteiger partial charge in [-0.15, -0.1) is 0 Å². The van der Waals surface area contributed by atoms with Crippen LogP contribution in [0.4, 0.5) is 0 Å². The molecule has 1 aliphatic heterocycles. The highest BCUT2D eigenvalue weighted by Crippen LogP contribution is 2.25. The highest BCUT2D eigenvalue weighted by atomic mass is 16.5. The maximum Gasteiger partial charge on any atom is 0.138 e. The van der Waals surface area contributed by atoms with E-state index in [1.165, 1.54) is 0 Å². The number of hydrogen-bond acceptors (Lipinski definition) is 3. The van der Waals surface area contributed by atoms with Gasteiger partial charge in [0.05, 0.1) is 6.61 Å². The van der Waals surface area contributed by atoms with E-state index in [4.69, 9.17) is 4.74 Å². The molecule has 0 spiro atoms. The monoisotopic (exact) mass is 227 g/mol. The van der Waals surface area contributed by atoms with Crippen LogP contribution in [-0.4, -0.2) is 43.0 Å². The fourth-order valence-electron chi connectivity index (χ4n) is 2.54. The van der Waals surface area contributed by atoms with E-state index in [9.17, 15) is 4.79 Å². The molecule has 1 heterocycles. The third-order valence-electron chi connectivity index (χ3n) is 3.90. The Kier molecular flexibility index (Phi) is 4.93. The summed E-state index contributed by atoms with van der Waals surface area (Å²) in [6, 6.07) is 0.763. The molecule has 1 rings (SSSR count). The summed E-state index contributed by atoms with van der Waals surface area (Å²) in [6.45, 7) is 10.3. The van der Waals surface area contributed by atoms with Crippen molar-refractivity contribution < 1.29 is 9.53 Å². The Morgan fingerprint density at radius 1 is 1.44 bits per heavy atom. The lowest BCUT2D eigenvalue weighted by atomic mass is 9.87. The van der Waals surface area contributed by atoms with Gasteiger partial charge in [0.2, 0.25) is 0 Å². The number of carbonyl (C=O) groups excluding carboxylic acids is 1. The quantitative estimate of drug-likeness (QED) is 0.735. The van der Waals surface area contributed by atoms with Gasteiger partial charge in [-0.2, -0.15) is 0 Å². The molecular weight excluding hydrogens is 202 g/mol. The molecule has 0 radical (unpaired) electrons. The van der Waals surface area contributed by atoms with E-state index in [1.54, 1.807) is 7.11 Å². The number of ketones is 1. The fourth-order valence-corrected chi connectivity index (χ4v) is 2.54. The van der Waals surface area contributed by atoms with Gasteiger partial charge in [-0.1, -0.05) is 20.8 Å². The number of nitrogens with zero attached hydrogens (tertiary/aromatic N) is 1. The minimum Gasteiger partial charge on any atom is -0.383 e. The van der Waals surface area contributed by atoms with E-state index in [-0.39, 0.29) is 5.92 Å². The van der Waals surface area contributed by atoms with Gasteiger partial charge in [-0.25, -0.2) is 0 Å². The predicted molar refractivity (Wildman–Crippen MR) is 65.5 cm³/mol. The van der Waals surface area contributed by atoms with Gasteiger partial charge in [0.15, 0.2) is 0 Å². The van der Waals surface area contributed by atoms with Gasteiger partial charge in [-0.3, -0.25) is 9.69 Å². The predicted octanol–water partition coefficient (Wildman–Crippen LogP) is 1.96. The summed E-state index contributed by atoms with van der Waals surface area (Å²) in [5.74, 6) is 1.12. The van der Waals surface area contributed by atoms with E-state index in [0.29, 0.717) is 30.2 Å². The van der Waals surface area contributed by atoms with Crippen molar-refractivity contribution in [1.29, 1.82) is 0 Å². The normalized spacial score (nSPS) is 29.8. The van der Waals surface area contributed by atoms with E-state index in [1.807, 2.05) is 6.92 Å². The number of carbonyl (C=O) groups is 1. The Hall–Kier alpha value is -0.410. The molecule has 0 aromatic carbocycles. The van der Waals surface area contributed by atoms with Gasteiger partial charge in [0, 0.05) is 38.1 Å². The molecule has 0 aliphatic carbocycles. The summed E-state index contributed by atoms with van der Waals surface area (Å²) in [4.78, 5) is 14.1. The summed E-state index contributed by atoms with van der Waals surface area (Å²) in [7, 11) is 1.75. The van der Waals surface area contributed by atoms with Crippen LogP contribution in [0.15, 0.2) is 0 Å². The molecule has 0 aromatic rings. The maximum absolute atomic E-state index is 11.6. The number of likely N-dealkylation sites (tertiary alicyclic amines) is 1. The van der Waals surface area contributed by atoms with Crippen LogP contribution in [0.25, 0.3) is 0 Å². The van der Waals surface area contributed by atoms with Crippen LogP contribution in [0.3, 0.4) is 0 Å². The Balaban J connectivity index is 2.73. The molecule has 0 saturated carbocycles.